The zero-order valence-electron chi connectivity index (χ0n) is 15.6. The molecule has 1 aliphatic heterocycles. The number of hydrogen-bond acceptors (Lipinski definition) is 4. The molecule has 1 aliphatic carbocycles. The average molecular weight is 351 g/mol. The molecule has 2 rings (SSSR count). The summed E-state index contributed by atoms with van der Waals surface area (Å²) >= 11 is 0. The van der Waals surface area contributed by atoms with E-state index in [9.17, 15) is 14.4 Å². The second kappa shape index (κ2) is 7.89. The third-order valence-electron chi connectivity index (χ3n) is 4.30. The van der Waals surface area contributed by atoms with E-state index in [4.69, 9.17) is 4.74 Å². The number of carbonyl (C=O) groups is 3. The minimum absolute atomic E-state index is 0.0309. The highest BCUT2D eigenvalue weighted by atomic mass is 16.6. The van der Waals surface area contributed by atoms with Gasteiger partial charge in [-0.1, -0.05) is 5.57 Å². The van der Waals surface area contributed by atoms with Gasteiger partial charge in [-0.2, -0.15) is 0 Å². The van der Waals surface area contributed by atoms with Crippen molar-refractivity contribution in [1.82, 2.24) is 15.1 Å². The molecule has 0 bridgehead atoms. The van der Waals surface area contributed by atoms with Crippen molar-refractivity contribution >= 4 is 17.9 Å². The van der Waals surface area contributed by atoms with Gasteiger partial charge in [-0.05, 0) is 46.5 Å². The highest BCUT2D eigenvalue weighted by Crippen LogP contribution is 2.35. The lowest BCUT2D eigenvalue weighted by atomic mass is 10.1. The molecule has 2 aliphatic rings. The van der Waals surface area contributed by atoms with E-state index in [2.05, 4.69) is 5.32 Å². The van der Waals surface area contributed by atoms with Crippen LogP contribution in [0.25, 0.3) is 0 Å². The zero-order valence-corrected chi connectivity index (χ0v) is 15.6. The lowest BCUT2D eigenvalue weighted by Crippen LogP contribution is -2.52. The van der Waals surface area contributed by atoms with Crippen LogP contribution >= 0.6 is 0 Å². The standard InChI is InChI=1S/C18H29N3O4/c1-13(14-5-6-14)11-15(22)20-7-9-21(10-8-20)16(23)12-19-17(24)25-18(2,3)4/h11,14H,5-10,12H2,1-4H3,(H,19,24)/b13-11+. The van der Waals surface area contributed by atoms with Crippen molar-refractivity contribution in [3.05, 3.63) is 11.6 Å². The van der Waals surface area contributed by atoms with Crippen molar-refractivity contribution < 1.29 is 19.1 Å². The molecule has 0 spiro atoms. The summed E-state index contributed by atoms with van der Waals surface area (Å²) in [6.07, 6.45) is 3.50. The Labute approximate surface area is 149 Å². The molecule has 0 aromatic carbocycles. The number of nitrogens with one attached hydrogen (secondary N) is 1. The number of piperazine rings is 1. The van der Waals surface area contributed by atoms with Gasteiger partial charge >= 0.3 is 6.09 Å². The van der Waals surface area contributed by atoms with Crippen molar-refractivity contribution in [3.8, 4) is 0 Å². The third kappa shape index (κ3) is 6.40. The van der Waals surface area contributed by atoms with E-state index < -0.39 is 11.7 Å². The van der Waals surface area contributed by atoms with Crippen LogP contribution in [0, 0.1) is 5.92 Å². The predicted octanol–water partition coefficient (Wildman–Crippen LogP) is 1.54. The number of alkyl carbamates (subject to hydrolysis) is 1. The Morgan fingerprint density at radius 3 is 2.16 bits per heavy atom. The fraction of sp³-hybridized carbons (Fsp3) is 0.722. The van der Waals surface area contributed by atoms with E-state index in [1.807, 2.05) is 6.92 Å². The zero-order chi connectivity index (χ0) is 18.6. The summed E-state index contributed by atoms with van der Waals surface area (Å²) < 4.78 is 5.11. The van der Waals surface area contributed by atoms with E-state index in [0.29, 0.717) is 32.1 Å². The molecule has 1 saturated carbocycles. The molecule has 0 atom stereocenters. The maximum atomic E-state index is 12.2. The van der Waals surface area contributed by atoms with Crippen LogP contribution in [0.4, 0.5) is 4.79 Å². The van der Waals surface area contributed by atoms with Gasteiger partial charge in [0.15, 0.2) is 0 Å². The molecule has 7 nitrogen and oxygen atoms in total. The van der Waals surface area contributed by atoms with Crippen LogP contribution in [-0.4, -0.2) is 66.0 Å². The molecule has 1 N–H and O–H groups in total. The Morgan fingerprint density at radius 2 is 1.64 bits per heavy atom. The largest absolute Gasteiger partial charge is 0.444 e. The van der Waals surface area contributed by atoms with E-state index in [-0.39, 0.29) is 18.4 Å². The smallest absolute Gasteiger partial charge is 0.408 e. The molecular formula is C18H29N3O4. The van der Waals surface area contributed by atoms with Gasteiger partial charge in [0.1, 0.15) is 12.1 Å². The number of carbonyl (C=O) groups excluding carboxylic acids is 3. The summed E-state index contributed by atoms with van der Waals surface area (Å²) in [5.41, 5.74) is 0.565. The SMILES string of the molecule is C/C(=C\C(=O)N1CCN(C(=O)CNC(=O)OC(C)(C)C)CC1)C1CC1. The van der Waals surface area contributed by atoms with Gasteiger partial charge in [0.2, 0.25) is 11.8 Å². The van der Waals surface area contributed by atoms with Gasteiger partial charge in [0.25, 0.3) is 0 Å². The fourth-order valence-electron chi connectivity index (χ4n) is 2.69. The average Bonchev–Trinajstić information content (AvgIpc) is 3.36. The molecule has 140 valence electrons. The van der Waals surface area contributed by atoms with Crippen LogP contribution in [0.2, 0.25) is 0 Å². The van der Waals surface area contributed by atoms with Gasteiger partial charge in [0, 0.05) is 32.3 Å². The number of hydrogen-bond donors (Lipinski definition) is 1. The molecule has 0 radical (unpaired) electrons. The molecule has 3 amide bonds. The Kier molecular flexibility index (Phi) is 6.08. The van der Waals surface area contributed by atoms with Crippen LogP contribution in [-0.2, 0) is 14.3 Å². The van der Waals surface area contributed by atoms with E-state index >= 15 is 0 Å². The molecule has 0 aromatic rings. The lowest BCUT2D eigenvalue weighted by molar-refractivity contribution is -0.136. The quantitative estimate of drug-likeness (QED) is 0.779. The number of amides is 3. The van der Waals surface area contributed by atoms with Crippen LogP contribution in [0.15, 0.2) is 11.6 Å². The minimum Gasteiger partial charge on any atom is -0.444 e. The first-order valence-corrected chi connectivity index (χ1v) is 8.87. The summed E-state index contributed by atoms with van der Waals surface area (Å²) in [4.78, 5) is 39.4. The maximum Gasteiger partial charge on any atom is 0.408 e. The van der Waals surface area contributed by atoms with Gasteiger partial charge in [-0.15, -0.1) is 0 Å². The van der Waals surface area contributed by atoms with E-state index in [0.717, 1.165) is 5.57 Å². The van der Waals surface area contributed by atoms with Crippen LogP contribution in [0.5, 0.6) is 0 Å². The lowest BCUT2D eigenvalue weighted by Gasteiger charge is -2.34. The van der Waals surface area contributed by atoms with Gasteiger partial charge in [-0.25, -0.2) is 4.79 Å². The number of nitrogens with zero attached hydrogens (tertiary/aromatic N) is 2. The number of rotatable bonds is 4. The molecular weight excluding hydrogens is 322 g/mol. The minimum atomic E-state index is -0.602. The molecule has 1 saturated heterocycles. The summed E-state index contributed by atoms with van der Waals surface area (Å²) in [6.45, 7) is 9.23. The Bertz CT molecular complexity index is 553. The third-order valence-corrected chi connectivity index (χ3v) is 4.30. The second-order valence-corrected chi connectivity index (χ2v) is 7.72. The topological polar surface area (TPSA) is 79.0 Å². The predicted molar refractivity (Wildman–Crippen MR) is 93.9 cm³/mol. The van der Waals surface area contributed by atoms with Crippen molar-refractivity contribution in [2.24, 2.45) is 5.92 Å². The van der Waals surface area contributed by atoms with Crippen LogP contribution < -0.4 is 5.32 Å². The molecule has 2 fully saturated rings. The maximum absolute atomic E-state index is 12.2. The Hall–Kier alpha value is -2.05. The molecule has 0 aromatic heterocycles. The van der Waals surface area contributed by atoms with Gasteiger partial charge in [-0.3, -0.25) is 9.59 Å². The molecule has 0 unspecified atom stereocenters. The van der Waals surface area contributed by atoms with Gasteiger partial charge < -0.3 is 19.9 Å². The summed E-state index contributed by atoms with van der Waals surface area (Å²) in [7, 11) is 0. The summed E-state index contributed by atoms with van der Waals surface area (Å²) in [5.74, 6) is 0.455. The first-order valence-electron chi connectivity index (χ1n) is 8.87. The monoisotopic (exact) mass is 351 g/mol. The van der Waals surface area contributed by atoms with E-state index in [1.165, 1.54) is 12.8 Å². The molecule has 7 heteroatoms. The summed E-state index contributed by atoms with van der Waals surface area (Å²) in [6, 6.07) is 0. The second-order valence-electron chi connectivity index (χ2n) is 7.72. The normalized spacial score (nSPS) is 18.8. The molecule has 25 heavy (non-hydrogen) atoms. The van der Waals surface area contributed by atoms with Gasteiger partial charge in [0.05, 0.1) is 0 Å². The number of allylic oxidation sites excluding steroid dienone is 1. The highest BCUT2D eigenvalue weighted by Gasteiger charge is 2.27. The first-order chi connectivity index (χ1) is 11.7. The Morgan fingerprint density at radius 1 is 1.08 bits per heavy atom. The fourth-order valence-corrected chi connectivity index (χ4v) is 2.69. The van der Waals surface area contributed by atoms with Crippen LogP contribution in [0.3, 0.4) is 0 Å². The van der Waals surface area contributed by atoms with Crippen molar-refractivity contribution in [3.63, 3.8) is 0 Å². The first kappa shape index (κ1) is 19.3. The highest BCUT2D eigenvalue weighted by molar-refractivity contribution is 5.89. The van der Waals surface area contributed by atoms with Crippen molar-refractivity contribution in [2.45, 2.75) is 46.1 Å². The van der Waals surface area contributed by atoms with E-state index in [1.54, 1.807) is 36.6 Å². The van der Waals surface area contributed by atoms with Crippen molar-refractivity contribution in [2.75, 3.05) is 32.7 Å². The number of ether oxygens (including phenoxy) is 1. The molecule has 1 heterocycles. The van der Waals surface area contributed by atoms with Crippen LogP contribution in [0.1, 0.15) is 40.5 Å². The Balaban J connectivity index is 1.72. The summed E-state index contributed by atoms with van der Waals surface area (Å²) in [5, 5.41) is 2.47. The van der Waals surface area contributed by atoms with Crippen molar-refractivity contribution in [1.29, 1.82) is 0 Å².